The van der Waals surface area contributed by atoms with Crippen molar-refractivity contribution < 1.29 is 19.1 Å². The van der Waals surface area contributed by atoms with E-state index in [0.717, 1.165) is 12.2 Å². The number of nitrogens with one attached hydrogen (secondary N) is 1. The lowest BCUT2D eigenvalue weighted by molar-refractivity contribution is -0.142. The lowest BCUT2D eigenvalue weighted by Crippen LogP contribution is -2.40. The second kappa shape index (κ2) is 6.80. The molecule has 4 aliphatic carbocycles. The van der Waals surface area contributed by atoms with Gasteiger partial charge in [-0.25, -0.2) is 0 Å². The highest BCUT2D eigenvalue weighted by molar-refractivity contribution is 6.09. The fourth-order valence-corrected chi connectivity index (χ4v) is 5.75. The average Bonchev–Trinajstić information content (AvgIpc) is 3.57. The quantitative estimate of drug-likeness (QED) is 0.601. The number of carbonyl (C=O) groups excluding carboxylic acids is 3. The Balaban J connectivity index is 1.10. The van der Waals surface area contributed by atoms with Crippen LogP contribution in [0, 0.1) is 35.5 Å². The first kappa shape index (κ1) is 18.4. The van der Waals surface area contributed by atoms with Crippen LogP contribution in [0.15, 0.2) is 66.7 Å². The number of rotatable bonds is 5. The minimum absolute atomic E-state index is 0.168. The standard InChI is InChI=1S/C25H22N2O4/c28-21(26-14-6-8-16(9-7-14)31-15-4-2-1-3-5-15)13-27-24(29)22-17-10-11-18(20-12-19(17)20)23(22)25(27)30/h1-11,17-20,22-23H,12-13H2,(H,26,28)/t17-,18+,19-,20-,22+,23-/m1/s1. The molecule has 6 atom stereocenters. The molecule has 2 saturated carbocycles. The minimum atomic E-state index is -0.373. The second-order valence-electron chi connectivity index (χ2n) is 8.90. The Bertz CT molecular complexity index is 1060. The van der Waals surface area contributed by atoms with Crippen molar-refractivity contribution in [2.75, 3.05) is 11.9 Å². The molecule has 3 amide bonds. The predicted molar refractivity (Wildman–Crippen MR) is 113 cm³/mol. The Hall–Kier alpha value is -3.41. The fourth-order valence-electron chi connectivity index (χ4n) is 5.75. The number of anilines is 1. The molecule has 0 aromatic heterocycles. The van der Waals surface area contributed by atoms with E-state index in [9.17, 15) is 14.4 Å². The highest BCUT2D eigenvalue weighted by atomic mass is 16.5. The monoisotopic (exact) mass is 414 g/mol. The molecule has 2 aromatic rings. The zero-order valence-electron chi connectivity index (χ0n) is 16.8. The summed E-state index contributed by atoms with van der Waals surface area (Å²) < 4.78 is 5.75. The summed E-state index contributed by atoms with van der Waals surface area (Å²) in [6.07, 6.45) is 5.39. The van der Waals surface area contributed by atoms with Crippen molar-refractivity contribution in [2.24, 2.45) is 35.5 Å². The number of nitrogens with zero attached hydrogens (tertiary/aromatic N) is 1. The van der Waals surface area contributed by atoms with Gasteiger partial charge in [-0.1, -0.05) is 30.4 Å². The third-order valence-corrected chi connectivity index (χ3v) is 7.17. The van der Waals surface area contributed by atoms with Crippen LogP contribution in [-0.4, -0.2) is 29.2 Å². The minimum Gasteiger partial charge on any atom is -0.457 e. The number of likely N-dealkylation sites (tertiary alicyclic amines) is 1. The smallest absolute Gasteiger partial charge is 0.244 e. The van der Waals surface area contributed by atoms with Crippen molar-refractivity contribution in [2.45, 2.75) is 6.42 Å². The number of para-hydroxylation sites is 1. The SMILES string of the molecule is O=C(CN1C(=O)[C@@H]2[C@H]3C=C[C@H]([C@H]4C[C@H]34)[C@@H]2C1=O)Nc1ccc(Oc2ccccc2)cc1. The molecule has 5 aliphatic rings. The maximum atomic E-state index is 13.0. The van der Waals surface area contributed by atoms with E-state index < -0.39 is 0 Å². The Morgan fingerprint density at radius 3 is 2.06 bits per heavy atom. The maximum absolute atomic E-state index is 13.0. The second-order valence-corrected chi connectivity index (χ2v) is 8.90. The zero-order chi connectivity index (χ0) is 21.1. The first-order valence-corrected chi connectivity index (χ1v) is 10.8. The van der Waals surface area contributed by atoms with Crippen molar-refractivity contribution in [1.82, 2.24) is 4.90 Å². The van der Waals surface area contributed by atoms with Crippen LogP contribution >= 0.6 is 0 Å². The van der Waals surface area contributed by atoms with Gasteiger partial charge < -0.3 is 10.1 Å². The Labute approximate surface area is 179 Å². The molecule has 7 rings (SSSR count). The molecule has 6 nitrogen and oxygen atoms in total. The molecular formula is C25H22N2O4. The van der Waals surface area contributed by atoms with Gasteiger partial charge in [-0.05, 0) is 66.5 Å². The summed E-state index contributed by atoms with van der Waals surface area (Å²) in [7, 11) is 0. The lowest BCUT2D eigenvalue weighted by atomic mass is 9.63. The average molecular weight is 414 g/mol. The number of amides is 3. The van der Waals surface area contributed by atoms with Crippen LogP contribution in [0.4, 0.5) is 5.69 Å². The first-order chi connectivity index (χ1) is 15.1. The third kappa shape index (κ3) is 2.97. The molecule has 2 bridgehead atoms. The fraction of sp³-hybridized carbons (Fsp3) is 0.320. The van der Waals surface area contributed by atoms with Crippen LogP contribution < -0.4 is 10.1 Å². The van der Waals surface area contributed by atoms with E-state index in [0.29, 0.717) is 23.3 Å². The number of imide groups is 1. The summed E-state index contributed by atoms with van der Waals surface area (Å²) in [6, 6.07) is 16.4. The van der Waals surface area contributed by atoms with Crippen molar-refractivity contribution in [3.8, 4) is 11.5 Å². The van der Waals surface area contributed by atoms with Crippen LogP contribution in [0.3, 0.4) is 0 Å². The highest BCUT2D eigenvalue weighted by Crippen LogP contribution is 2.65. The summed E-state index contributed by atoms with van der Waals surface area (Å²) in [5, 5.41) is 2.78. The van der Waals surface area contributed by atoms with E-state index >= 15 is 0 Å². The van der Waals surface area contributed by atoms with Gasteiger partial charge >= 0.3 is 0 Å². The van der Waals surface area contributed by atoms with Crippen LogP contribution in [0.25, 0.3) is 0 Å². The summed E-state index contributed by atoms with van der Waals surface area (Å²) in [5.74, 6) is 1.56. The molecule has 156 valence electrons. The van der Waals surface area contributed by atoms with Crippen molar-refractivity contribution >= 4 is 23.4 Å². The number of ether oxygens (including phenoxy) is 1. The van der Waals surface area contributed by atoms with Crippen LogP contribution in [0.2, 0.25) is 0 Å². The topological polar surface area (TPSA) is 75.7 Å². The maximum Gasteiger partial charge on any atom is 0.244 e. The zero-order valence-corrected chi connectivity index (χ0v) is 16.8. The van der Waals surface area contributed by atoms with Gasteiger partial charge in [0.05, 0.1) is 11.8 Å². The van der Waals surface area contributed by atoms with Crippen molar-refractivity contribution in [3.63, 3.8) is 0 Å². The van der Waals surface area contributed by atoms with E-state index in [1.807, 2.05) is 30.3 Å². The highest BCUT2D eigenvalue weighted by Gasteiger charge is 2.67. The summed E-state index contributed by atoms with van der Waals surface area (Å²) in [6.45, 7) is -0.234. The number of carbonyl (C=O) groups is 3. The Morgan fingerprint density at radius 1 is 0.871 bits per heavy atom. The molecule has 0 unspecified atom stereocenters. The summed E-state index contributed by atoms with van der Waals surface area (Å²) in [5.41, 5.74) is 0.588. The number of hydrogen-bond donors (Lipinski definition) is 1. The number of benzene rings is 2. The summed E-state index contributed by atoms with van der Waals surface area (Å²) in [4.78, 5) is 39.7. The molecule has 1 N–H and O–H groups in total. The Morgan fingerprint density at radius 2 is 1.45 bits per heavy atom. The van der Waals surface area contributed by atoms with E-state index in [2.05, 4.69) is 17.5 Å². The molecule has 1 saturated heterocycles. The molecule has 1 heterocycles. The van der Waals surface area contributed by atoms with Gasteiger partial charge in [0.1, 0.15) is 18.0 Å². The Kier molecular flexibility index (Phi) is 4.03. The van der Waals surface area contributed by atoms with Gasteiger partial charge in [0, 0.05) is 5.69 Å². The molecule has 3 fully saturated rings. The molecule has 31 heavy (non-hydrogen) atoms. The van der Waals surface area contributed by atoms with Crippen molar-refractivity contribution in [3.05, 3.63) is 66.7 Å². The van der Waals surface area contributed by atoms with E-state index in [1.54, 1.807) is 24.3 Å². The van der Waals surface area contributed by atoms with Gasteiger partial charge in [0.25, 0.3) is 0 Å². The molecule has 0 radical (unpaired) electrons. The molecular weight excluding hydrogens is 392 g/mol. The van der Waals surface area contributed by atoms with Gasteiger partial charge in [-0.2, -0.15) is 0 Å². The van der Waals surface area contributed by atoms with Gasteiger partial charge in [0.15, 0.2) is 0 Å². The molecule has 6 heteroatoms. The van der Waals surface area contributed by atoms with Gasteiger partial charge in [-0.15, -0.1) is 0 Å². The summed E-state index contributed by atoms with van der Waals surface area (Å²) >= 11 is 0. The number of hydrogen-bond acceptors (Lipinski definition) is 4. The van der Waals surface area contributed by atoms with E-state index in [4.69, 9.17) is 4.74 Å². The van der Waals surface area contributed by atoms with E-state index in [1.165, 1.54) is 4.90 Å². The third-order valence-electron chi connectivity index (χ3n) is 7.17. The van der Waals surface area contributed by atoms with Crippen LogP contribution in [-0.2, 0) is 14.4 Å². The van der Waals surface area contributed by atoms with Crippen molar-refractivity contribution in [1.29, 1.82) is 0 Å². The largest absolute Gasteiger partial charge is 0.457 e. The van der Waals surface area contributed by atoms with E-state index in [-0.39, 0.29) is 47.9 Å². The number of allylic oxidation sites excluding steroid dienone is 2. The first-order valence-electron chi connectivity index (χ1n) is 10.8. The molecule has 1 aliphatic heterocycles. The van der Waals surface area contributed by atoms with Gasteiger partial charge in [-0.3, -0.25) is 19.3 Å². The normalized spacial score (nSPS) is 31.9. The molecule has 2 aromatic carbocycles. The lowest BCUT2D eigenvalue weighted by Gasteiger charge is -2.37. The van der Waals surface area contributed by atoms with Gasteiger partial charge in [0.2, 0.25) is 17.7 Å². The molecule has 0 spiro atoms. The van der Waals surface area contributed by atoms with Crippen LogP contribution in [0.1, 0.15) is 6.42 Å². The predicted octanol–water partition coefficient (Wildman–Crippen LogP) is 3.47. The van der Waals surface area contributed by atoms with Crippen LogP contribution in [0.5, 0.6) is 11.5 Å².